The van der Waals surface area contributed by atoms with Crippen LogP contribution in [0.2, 0.25) is 5.02 Å². The largest absolute Gasteiger partial charge is 0.495 e. The molecule has 7 nitrogen and oxygen atoms in total. The lowest BCUT2D eigenvalue weighted by Crippen LogP contribution is -2.24. The predicted molar refractivity (Wildman–Crippen MR) is 133 cm³/mol. The van der Waals surface area contributed by atoms with Crippen molar-refractivity contribution in [3.8, 4) is 5.75 Å². The second kappa shape index (κ2) is 10.4. The highest BCUT2D eigenvalue weighted by Crippen LogP contribution is 2.33. The number of hydrogen-bond acceptors (Lipinski definition) is 4. The van der Waals surface area contributed by atoms with Gasteiger partial charge in [0, 0.05) is 29.4 Å². The van der Waals surface area contributed by atoms with Crippen molar-refractivity contribution in [2.24, 2.45) is 0 Å². The molecule has 0 aromatic heterocycles. The van der Waals surface area contributed by atoms with Crippen molar-refractivity contribution in [2.75, 3.05) is 41.0 Å². The fraction of sp³-hybridized carbons (Fsp3) is 0.200. The first-order valence-corrected chi connectivity index (χ1v) is 11.2. The summed E-state index contributed by atoms with van der Waals surface area (Å²) in [5.41, 5.74) is 2.64. The second-order valence-corrected chi connectivity index (χ2v) is 8.25. The van der Waals surface area contributed by atoms with E-state index < -0.39 is 11.8 Å². The molecule has 176 valence electrons. The molecule has 1 aliphatic rings. The van der Waals surface area contributed by atoms with E-state index in [-0.39, 0.29) is 5.91 Å². The Labute approximate surface area is 201 Å². The average molecular weight is 483 g/mol. The molecule has 3 amide bonds. The van der Waals surface area contributed by atoms with E-state index in [1.807, 2.05) is 6.07 Å². The van der Waals surface area contributed by atoms with Crippen LogP contribution in [0.25, 0.3) is 0 Å². The number of ether oxygens (including phenoxy) is 1. The van der Waals surface area contributed by atoms with Gasteiger partial charge in [-0.05, 0) is 73.5 Å². The molecular formula is C25H24ClFN4O3. The molecule has 1 fully saturated rings. The summed E-state index contributed by atoms with van der Waals surface area (Å²) in [6, 6.07) is 15.1. The molecule has 3 aromatic carbocycles. The highest BCUT2D eigenvalue weighted by molar-refractivity contribution is 6.31. The molecule has 1 saturated heterocycles. The Hall–Kier alpha value is -3.78. The molecule has 3 aromatic rings. The molecule has 0 atom stereocenters. The fourth-order valence-electron chi connectivity index (χ4n) is 3.81. The molecule has 9 heteroatoms. The highest BCUT2D eigenvalue weighted by atomic mass is 35.5. The third-order valence-electron chi connectivity index (χ3n) is 5.47. The number of hydrogen-bond donors (Lipinski definition) is 3. The highest BCUT2D eigenvalue weighted by Gasteiger charge is 2.19. The van der Waals surface area contributed by atoms with E-state index in [4.69, 9.17) is 16.3 Å². The van der Waals surface area contributed by atoms with Crippen molar-refractivity contribution in [1.82, 2.24) is 0 Å². The van der Waals surface area contributed by atoms with Crippen molar-refractivity contribution in [3.63, 3.8) is 0 Å². The summed E-state index contributed by atoms with van der Waals surface area (Å²) >= 11 is 6.06. The van der Waals surface area contributed by atoms with Crippen LogP contribution in [0.4, 0.5) is 31.9 Å². The molecule has 0 unspecified atom stereocenters. The van der Waals surface area contributed by atoms with Gasteiger partial charge in [-0.1, -0.05) is 11.6 Å². The summed E-state index contributed by atoms with van der Waals surface area (Å²) < 4.78 is 18.5. The molecular weight excluding hydrogens is 459 g/mol. The minimum atomic E-state index is -0.483. The number of methoxy groups -OCH3 is 1. The molecule has 4 rings (SSSR count). The Balaban J connectivity index is 1.56. The van der Waals surface area contributed by atoms with E-state index in [1.165, 1.54) is 31.4 Å². The number of benzene rings is 3. The first kappa shape index (κ1) is 23.4. The van der Waals surface area contributed by atoms with Crippen LogP contribution in [0.3, 0.4) is 0 Å². The van der Waals surface area contributed by atoms with Gasteiger partial charge in [-0.25, -0.2) is 9.18 Å². The molecule has 0 aliphatic carbocycles. The Morgan fingerprint density at radius 1 is 0.912 bits per heavy atom. The number of carbonyl (C=O) groups is 2. The fourth-order valence-corrected chi connectivity index (χ4v) is 3.98. The molecule has 0 radical (unpaired) electrons. The SMILES string of the molecule is COc1ccc(Cl)cc1NC(=O)Nc1cc(NC(=O)c2ccc(F)cc2)ccc1N1CCCC1. The van der Waals surface area contributed by atoms with Crippen LogP contribution < -0.4 is 25.6 Å². The molecule has 0 spiro atoms. The zero-order chi connectivity index (χ0) is 24.1. The minimum absolute atomic E-state index is 0.324. The third-order valence-corrected chi connectivity index (χ3v) is 5.70. The number of halogens is 2. The van der Waals surface area contributed by atoms with E-state index >= 15 is 0 Å². The summed E-state index contributed by atoms with van der Waals surface area (Å²) in [7, 11) is 1.51. The van der Waals surface area contributed by atoms with Gasteiger partial charge in [0.15, 0.2) is 0 Å². The van der Waals surface area contributed by atoms with Gasteiger partial charge in [0.1, 0.15) is 11.6 Å². The standard InChI is InChI=1S/C25H24ClFN4O3/c1-34-23-11-6-17(26)14-21(23)30-25(33)29-20-15-19(9-10-22(20)31-12-2-3-13-31)28-24(32)16-4-7-18(27)8-5-16/h4-11,14-15H,2-3,12-13H2,1H3,(H,28,32)(H2,29,30,33). The smallest absolute Gasteiger partial charge is 0.323 e. The first-order valence-electron chi connectivity index (χ1n) is 10.8. The zero-order valence-electron chi connectivity index (χ0n) is 18.5. The predicted octanol–water partition coefficient (Wildman–Crippen LogP) is 5.98. The quantitative estimate of drug-likeness (QED) is 0.403. The van der Waals surface area contributed by atoms with E-state index in [9.17, 15) is 14.0 Å². The van der Waals surface area contributed by atoms with Crippen LogP contribution in [0.15, 0.2) is 60.7 Å². The van der Waals surface area contributed by atoms with Crippen LogP contribution in [-0.4, -0.2) is 32.1 Å². The van der Waals surface area contributed by atoms with Gasteiger partial charge in [-0.3, -0.25) is 4.79 Å². The van der Waals surface area contributed by atoms with Crippen LogP contribution in [0.1, 0.15) is 23.2 Å². The number of nitrogens with zero attached hydrogens (tertiary/aromatic N) is 1. The summed E-state index contributed by atoms with van der Waals surface area (Å²) in [6.45, 7) is 1.75. The lowest BCUT2D eigenvalue weighted by Gasteiger charge is -2.23. The number of rotatable bonds is 6. The van der Waals surface area contributed by atoms with E-state index in [0.29, 0.717) is 33.4 Å². The summed E-state index contributed by atoms with van der Waals surface area (Å²) in [4.78, 5) is 27.6. The van der Waals surface area contributed by atoms with E-state index in [0.717, 1.165) is 31.6 Å². The molecule has 34 heavy (non-hydrogen) atoms. The zero-order valence-corrected chi connectivity index (χ0v) is 19.3. The van der Waals surface area contributed by atoms with Crippen molar-refractivity contribution in [2.45, 2.75) is 12.8 Å². The normalized spacial score (nSPS) is 12.9. The Morgan fingerprint density at radius 3 is 2.32 bits per heavy atom. The number of anilines is 4. The van der Waals surface area contributed by atoms with Crippen LogP contribution in [0, 0.1) is 5.82 Å². The summed E-state index contributed by atoms with van der Waals surface area (Å²) in [6.07, 6.45) is 2.13. The number of amides is 3. The first-order chi connectivity index (χ1) is 16.4. The van der Waals surface area contributed by atoms with Gasteiger partial charge >= 0.3 is 6.03 Å². The topological polar surface area (TPSA) is 82.7 Å². The Kier molecular flexibility index (Phi) is 7.18. The number of urea groups is 1. The maximum Gasteiger partial charge on any atom is 0.323 e. The van der Waals surface area contributed by atoms with Crippen molar-refractivity contribution in [3.05, 3.63) is 77.1 Å². The second-order valence-electron chi connectivity index (χ2n) is 7.81. The number of nitrogens with one attached hydrogen (secondary N) is 3. The molecule has 1 aliphatic heterocycles. The maximum absolute atomic E-state index is 13.2. The van der Waals surface area contributed by atoms with Gasteiger partial charge in [0.2, 0.25) is 0 Å². The van der Waals surface area contributed by atoms with Crippen LogP contribution in [-0.2, 0) is 0 Å². The minimum Gasteiger partial charge on any atom is -0.495 e. The molecule has 3 N–H and O–H groups in total. The van der Waals surface area contributed by atoms with Gasteiger partial charge in [0.25, 0.3) is 5.91 Å². The van der Waals surface area contributed by atoms with Gasteiger partial charge in [-0.2, -0.15) is 0 Å². The van der Waals surface area contributed by atoms with E-state index in [1.54, 1.807) is 30.3 Å². The Morgan fingerprint density at radius 2 is 1.62 bits per heavy atom. The van der Waals surface area contributed by atoms with E-state index in [2.05, 4.69) is 20.9 Å². The maximum atomic E-state index is 13.2. The van der Waals surface area contributed by atoms with Gasteiger partial charge < -0.3 is 25.6 Å². The summed E-state index contributed by atoms with van der Waals surface area (Å²) in [5, 5.41) is 8.89. The van der Waals surface area contributed by atoms with Crippen molar-refractivity contribution < 1.29 is 18.7 Å². The summed E-state index contributed by atoms with van der Waals surface area (Å²) in [5.74, 6) is -0.326. The van der Waals surface area contributed by atoms with Crippen molar-refractivity contribution >= 4 is 46.3 Å². The monoisotopic (exact) mass is 482 g/mol. The molecule has 0 saturated carbocycles. The van der Waals surface area contributed by atoms with Gasteiger partial charge in [-0.15, -0.1) is 0 Å². The van der Waals surface area contributed by atoms with Gasteiger partial charge in [0.05, 0.1) is 24.2 Å². The van der Waals surface area contributed by atoms with Crippen LogP contribution in [0.5, 0.6) is 5.75 Å². The molecule has 0 bridgehead atoms. The third kappa shape index (κ3) is 5.58. The lowest BCUT2D eigenvalue weighted by molar-refractivity contribution is 0.102. The number of carbonyl (C=O) groups excluding carboxylic acids is 2. The molecule has 1 heterocycles. The van der Waals surface area contributed by atoms with Crippen LogP contribution >= 0.6 is 11.6 Å². The average Bonchev–Trinajstić information content (AvgIpc) is 3.34. The lowest BCUT2D eigenvalue weighted by atomic mass is 10.2. The van der Waals surface area contributed by atoms with Crippen molar-refractivity contribution in [1.29, 1.82) is 0 Å². The Bertz CT molecular complexity index is 1200.